The molecule has 2 aliphatic heterocycles. The van der Waals surface area contributed by atoms with Gasteiger partial charge in [-0.15, -0.1) is 6.58 Å². The van der Waals surface area contributed by atoms with Gasteiger partial charge in [0.05, 0.1) is 17.7 Å². The fraction of sp³-hybridized carbons (Fsp3) is 0.304. The Kier molecular flexibility index (Phi) is 5.78. The Hall–Kier alpha value is -2.84. The smallest absolute Gasteiger partial charge is 0.262 e. The van der Waals surface area contributed by atoms with Crippen molar-refractivity contribution in [1.29, 1.82) is 0 Å². The van der Waals surface area contributed by atoms with E-state index in [1.807, 2.05) is 30.3 Å². The number of rotatable bonds is 6. The molecule has 0 unspecified atom stereocenters. The summed E-state index contributed by atoms with van der Waals surface area (Å²) in [5.41, 5.74) is 1.50. The fourth-order valence-corrected chi connectivity index (χ4v) is 3.96. The highest BCUT2D eigenvalue weighted by molar-refractivity contribution is 6.21. The van der Waals surface area contributed by atoms with E-state index < -0.39 is 42.5 Å². The third kappa shape index (κ3) is 3.46. The molecule has 2 aliphatic rings. The number of fused-ring (bicyclic) bond motifs is 1. The van der Waals surface area contributed by atoms with Crippen LogP contribution in [0.2, 0.25) is 0 Å². The topological polar surface area (TPSA) is 85.3 Å². The number of methoxy groups -OCH3 is 1. The zero-order chi connectivity index (χ0) is 21.3. The quantitative estimate of drug-likeness (QED) is 0.581. The normalized spacial score (nSPS) is 28.5. The third-order valence-corrected chi connectivity index (χ3v) is 5.45. The number of hydrogen-bond donors (Lipinski definition) is 1. The summed E-state index contributed by atoms with van der Waals surface area (Å²) in [7, 11) is 1.42. The first-order valence-electron chi connectivity index (χ1n) is 9.68. The Morgan fingerprint density at radius 2 is 1.67 bits per heavy atom. The number of aliphatic hydroxyl groups is 1. The van der Waals surface area contributed by atoms with Gasteiger partial charge in [0.1, 0.15) is 24.4 Å². The van der Waals surface area contributed by atoms with Crippen LogP contribution in [-0.4, -0.2) is 59.6 Å². The first kappa shape index (κ1) is 20.4. The molecule has 2 heterocycles. The van der Waals surface area contributed by atoms with Gasteiger partial charge in [-0.2, -0.15) is 0 Å². The number of carbonyl (C=O) groups excluding carboxylic acids is 2. The zero-order valence-corrected chi connectivity index (χ0v) is 16.5. The minimum absolute atomic E-state index is 0.183. The minimum Gasteiger partial charge on any atom is -0.387 e. The molecule has 156 valence electrons. The highest BCUT2D eigenvalue weighted by Crippen LogP contribution is 2.34. The summed E-state index contributed by atoms with van der Waals surface area (Å²) in [4.78, 5) is 27.2. The number of benzene rings is 2. The van der Waals surface area contributed by atoms with Crippen LogP contribution in [0.3, 0.4) is 0 Å². The largest absolute Gasteiger partial charge is 0.387 e. The second-order valence-corrected chi connectivity index (χ2v) is 7.21. The van der Waals surface area contributed by atoms with E-state index in [0.29, 0.717) is 11.1 Å². The van der Waals surface area contributed by atoms with E-state index in [-0.39, 0.29) is 6.61 Å². The lowest BCUT2D eigenvalue weighted by Gasteiger charge is -2.45. The molecule has 1 saturated heterocycles. The molecule has 0 saturated carbocycles. The van der Waals surface area contributed by atoms with E-state index in [2.05, 4.69) is 6.58 Å². The molecule has 0 aromatic heterocycles. The van der Waals surface area contributed by atoms with Crippen molar-refractivity contribution in [2.24, 2.45) is 0 Å². The molecule has 0 radical (unpaired) electrons. The average Bonchev–Trinajstić information content (AvgIpc) is 3.03. The molecule has 5 atom stereocenters. The third-order valence-electron chi connectivity index (χ3n) is 5.45. The maximum Gasteiger partial charge on any atom is 0.262 e. The van der Waals surface area contributed by atoms with Gasteiger partial charge in [-0.3, -0.25) is 14.5 Å². The number of hydrogen-bond acceptors (Lipinski definition) is 6. The molecule has 1 N–H and O–H groups in total. The van der Waals surface area contributed by atoms with E-state index >= 15 is 0 Å². The summed E-state index contributed by atoms with van der Waals surface area (Å²) in [6, 6.07) is 15.1. The summed E-state index contributed by atoms with van der Waals surface area (Å²) in [5, 5.41) is 10.9. The number of amides is 2. The Morgan fingerprint density at radius 3 is 2.23 bits per heavy atom. The molecule has 1 fully saturated rings. The van der Waals surface area contributed by atoms with Crippen molar-refractivity contribution in [3.63, 3.8) is 0 Å². The zero-order valence-electron chi connectivity index (χ0n) is 16.5. The number of ether oxygens (including phenoxy) is 3. The van der Waals surface area contributed by atoms with Crippen molar-refractivity contribution in [2.75, 3.05) is 7.11 Å². The van der Waals surface area contributed by atoms with Gasteiger partial charge in [-0.1, -0.05) is 48.5 Å². The second kappa shape index (κ2) is 8.49. The van der Waals surface area contributed by atoms with Crippen LogP contribution in [0.1, 0.15) is 26.3 Å². The van der Waals surface area contributed by atoms with Crippen LogP contribution >= 0.6 is 0 Å². The van der Waals surface area contributed by atoms with E-state index in [4.69, 9.17) is 14.2 Å². The molecule has 2 aromatic carbocycles. The van der Waals surface area contributed by atoms with Crippen LogP contribution in [0.5, 0.6) is 0 Å². The molecule has 2 amide bonds. The van der Waals surface area contributed by atoms with Crippen molar-refractivity contribution >= 4 is 11.8 Å². The highest BCUT2D eigenvalue weighted by atomic mass is 16.7. The Bertz CT molecular complexity index is 911. The molecule has 0 spiro atoms. The monoisotopic (exact) mass is 409 g/mol. The Balaban J connectivity index is 1.69. The van der Waals surface area contributed by atoms with Crippen molar-refractivity contribution in [1.82, 2.24) is 4.90 Å². The van der Waals surface area contributed by atoms with Crippen molar-refractivity contribution < 1.29 is 28.9 Å². The number of aliphatic hydroxyl groups excluding tert-OH is 1. The van der Waals surface area contributed by atoms with Crippen LogP contribution in [0, 0.1) is 0 Å². The molecule has 7 nitrogen and oxygen atoms in total. The van der Waals surface area contributed by atoms with Crippen molar-refractivity contribution in [3.8, 4) is 0 Å². The molecule has 30 heavy (non-hydrogen) atoms. The van der Waals surface area contributed by atoms with Gasteiger partial charge in [0.25, 0.3) is 11.8 Å². The van der Waals surface area contributed by atoms with Crippen LogP contribution in [0.4, 0.5) is 0 Å². The first-order valence-corrected chi connectivity index (χ1v) is 9.68. The number of imide groups is 1. The molecule has 4 rings (SSSR count). The lowest BCUT2D eigenvalue weighted by Crippen LogP contribution is -2.65. The summed E-state index contributed by atoms with van der Waals surface area (Å²) < 4.78 is 17.3. The number of carbonyl (C=O) groups is 2. The Morgan fingerprint density at radius 1 is 1.07 bits per heavy atom. The minimum atomic E-state index is -1.15. The van der Waals surface area contributed by atoms with Gasteiger partial charge in [0.15, 0.2) is 6.29 Å². The summed E-state index contributed by atoms with van der Waals surface area (Å²) >= 11 is 0. The SMILES string of the molecule is C=C[C@@H]1O[C@@H](OC)[C@H](N2C(=O)c3ccccc3C2=O)[C@@H](OCc2ccccc2)[C@@H]1O. The van der Waals surface area contributed by atoms with Gasteiger partial charge < -0.3 is 19.3 Å². The predicted molar refractivity (Wildman–Crippen MR) is 108 cm³/mol. The van der Waals surface area contributed by atoms with Crippen LogP contribution in [0.15, 0.2) is 67.3 Å². The Labute approximate surface area is 174 Å². The van der Waals surface area contributed by atoms with E-state index in [1.165, 1.54) is 13.2 Å². The summed E-state index contributed by atoms with van der Waals surface area (Å²) in [6.07, 6.45) is -2.39. The van der Waals surface area contributed by atoms with Crippen molar-refractivity contribution in [3.05, 3.63) is 83.9 Å². The van der Waals surface area contributed by atoms with Gasteiger partial charge in [-0.05, 0) is 17.7 Å². The van der Waals surface area contributed by atoms with E-state index in [0.717, 1.165) is 10.5 Å². The summed E-state index contributed by atoms with van der Waals surface area (Å²) in [5.74, 6) is -0.937. The number of nitrogens with zero attached hydrogens (tertiary/aromatic N) is 1. The van der Waals surface area contributed by atoms with Gasteiger partial charge in [0.2, 0.25) is 0 Å². The first-order chi connectivity index (χ1) is 14.6. The van der Waals surface area contributed by atoms with Crippen molar-refractivity contribution in [2.45, 2.75) is 37.3 Å². The summed E-state index contributed by atoms with van der Waals surface area (Å²) in [6.45, 7) is 3.88. The van der Waals surface area contributed by atoms with Gasteiger partial charge >= 0.3 is 0 Å². The average molecular weight is 409 g/mol. The predicted octanol–water partition coefficient (Wildman–Crippen LogP) is 2.15. The van der Waals surface area contributed by atoms with Crippen LogP contribution in [0.25, 0.3) is 0 Å². The molecule has 0 bridgehead atoms. The maximum absolute atomic E-state index is 13.1. The fourth-order valence-electron chi connectivity index (χ4n) is 3.96. The van der Waals surface area contributed by atoms with E-state index in [1.54, 1.807) is 24.3 Å². The lowest BCUT2D eigenvalue weighted by molar-refractivity contribution is -0.265. The molecule has 2 aromatic rings. The van der Waals surface area contributed by atoms with Gasteiger partial charge in [-0.25, -0.2) is 0 Å². The highest BCUT2D eigenvalue weighted by Gasteiger charge is 2.53. The second-order valence-electron chi connectivity index (χ2n) is 7.21. The van der Waals surface area contributed by atoms with E-state index in [9.17, 15) is 14.7 Å². The van der Waals surface area contributed by atoms with Crippen LogP contribution < -0.4 is 0 Å². The van der Waals surface area contributed by atoms with Crippen LogP contribution in [-0.2, 0) is 20.8 Å². The standard InChI is InChI=1S/C23H23NO6/c1-3-17-19(25)20(29-13-14-9-5-4-6-10-14)18(23(28-2)30-17)24-21(26)15-11-7-8-12-16(15)22(24)27/h3-12,17-20,23,25H,1,13H2,2H3/t17-,18+,19+,20+,23+/m0/s1. The molecule has 0 aliphatic carbocycles. The molecule has 7 heteroatoms. The molecular formula is C23H23NO6. The van der Waals surface area contributed by atoms with Gasteiger partial charge in [0, 0.05) is 7.11 Å². The molecular weight excluding hydrogens is 386 g/mol. The maximum atomic E-state index is 13.1. The lowest BCUT2D eigenvalue weighted by atomic mass is 9.95.